The highest BCUT2D eigenvalue weighted by Crippen LogP contribution is 2.48. The maximum Gasteiger partial charge on any atom is 0.337 e. The summed E-state index contributed by atoms with van der Waals surface area (Å²) in [6.45, 7) is 0.316. The zero-order chi connectivity index (χ0) is 26.9. The zero-order valence-electron chi connectivity index (χ0n) is 20.3. The van der Waals surface area contributed by atoms with Gasteiger partial charge in [0.25, 0.3) is 0 Å². The highest BCUT2D eigenvalue weighted by Gasteiger charge is 2.28. The number of thiophene rings is 2. The fourth-order valence-electron chi connectivity index (χ4n) is 4.21. The summed E-state index contributed by atoms with van der Waals surface area (Å²) in [4.78, 5) is 23.5. The van der Waals surface area contributed by atoms with Crippen LogP contribution in [0.3, 0.4) is 0 Å². The normalized spacial score (nSPS) is 11.9. The summed E-state index contributed by atoms with van der Waals surface area (Å²) in [6.07, 6.45) is 0. The molecule has 0 aliphatic carbocycles. The molecule has 3 aromatic carbocycles. The van der Waals surface area contributed by atoms with Gasteiger partial charge < -0.3 is 14.2 Å². The zero-order valence-corrected chi connectivity index (χ0v) is 25.1. The average molecular weight is 682 g/mol. The lowest BCUT2D eigenvalue weighted by atomic mass is 10.0. The van der Waals surface area contributed by atoms with Crippen molar-refractivity contribution < 1.29 is 19.0 Å². The summed E-state index contributed by atoms with van der Waals surface area (Å²) < 4.78 is 20.1. The van der Waals surface area contributed by atoms with Gasteiger partial charge in [-0.15, -0.1) is 22.7 Å². The molecule has 0 saturated heterocycles. The Kier molecular flexibility index (Phi) is 7.35. The topological polar surface area (TPSA) is 69.5 Å². The minimum absolute atomic E-state index is 0.316. The Morgan fingerprint density at radius 1 is 0.718 bits per heavy atom. The molecule has 0 bridgehead atoms. The molecule has 194 valence electrons. The van der Waals surface area contributed by atoms with E-state index in [0.717, 1.165) is 39.2 Å². The van der Waals surface area contributed by atoms with Crippen LogP contribution >= 0.6 is 54.5 Å². The van der Waals surface area contributed by atoms with Gasteiger partial charge in [-0.05, 0) is 92.5 Å². The third kappa shape index (κ3) is 5.17. The Labute approximate surface area is 248 Å². The molecular weight excluding hydrogens is 664 g/mol. The van der Waals surface area contributed by atoms with Gasteiger partial charge in [0.1, 0.15) is 18.2 Å². The molecule has 0 N–H and O–H groups in total. The first kappa shape index (κ1) is 25.9. The predicted molar refractivity (Wildman–Crippen MR) is 160 cm³/mol. The van der Waals surface area contributed by atoms with Crippen molar-refractivity contribution in [2.45, 2.75) is 0 Å². The number of rotatable bonds is 7. The molecular formula is C29H18Br2N2O4S2. The molecule has 2 aromatic heterocycles. The number of methoxy groups -OCH3 is 1. The first-order chi connectivity index (χ1) is 19.0. The summed E-state index contributed by atoms with van der Waals surface area (Å²) >= 11 is 10.4. The number of hydrogen-bond donors (Lipinski definition) is 0. The van der Waals surface area contributed by atoms with Crippen LogP contribution in [0, 0.1) is 0 Å². The number of carbonyl (C=O) groups is 1. The monoisotopic (exact) mass is 680 g/mol. The number of benzene rings is 3. The quantitative estimate of drug-likeness (QED) is 0.162. The number of para-hydroxylation sites is 1. The van der Waals surface area contributed by atoms with Gasteiger partial charge in [-0.3, -0.25) is 9.98 Å². The molecule has 0 fully saturated rings. The van der Waals surface area contributed by atoms with E-state index in [4.69, 9.17) is 24.2 Å². The molecule has 0 radical (unpaired) electrons. The summed E-state index contributed by atoms with van der Waals surface area (Å²) in [6, 6.07) is 24.5. The Bertz CT molecular complexity index is 1820. The molecule has 0 spiro atoms. The van der Waals surface area contributed by atoms with Gasteiger partial charge >= 0.3 is 5.97 Å². The van der Waals surface area contributed by atoms with E-state index >= 15 is 0 Å². The lowest BCUT2D eigenvalue weighted by Crippen LogP contribution is -2.27. The second-order valence-corrected chi connectivity index (χ2v) is 13.2. The van der Waals surface area contributed by atoms with Gasteiger partial charge in [0, 0.05) is 9.75 Å². The number of nitrogens with zero attached hydrogens (tertiary/aromatic N) is 2. The van der Waals surface area contributed by atoms with Crippen molar-refractivity contribution in [3.8, 4) is 43.9 Å². The smallest absolute Gasteiger partial charge is 0.337 e. The molecule has 1 aliphatic heterocycles. The molecule has 6 nitrogen and oxygen atoms in total. The lowest BCUT2D eigenvalue weighted by molar-refractivity contribution is 0.0600. The van der Waals surface area contributed by atoms with E-state index in [1.807, 2.05) is 54.6 Å². The Hall–Kier alpha value is -3.31. The summed E-state index contributed by atoms with van der Waals surface area (Å²) in [7, 11) is 1.36. The Morgan fingerprint density at radius 3 is 1.69 bits per heavy atom. The van der Waals surface area contributed by atoms with Crippen LogP contribution in [-0.2, 0) is 4.74 Å². The predicted octanol–water partition coefficient (Wildman–Crippen LogP) is 8.25. The fourth-order valence-corrected chi connectivity index (χ4v) is 7.07. The fraction of sp³-hybridized carbons (Fsp3) is 0.0690. The average Bonchev–Trinajstić information content (AvgIpc) is 3.71. The lowest BCUT2D eigenvalue weighted by Gasteiger charge is -2.19. The molecule has 5 aromatic rings. The van der Waals surface area contributed by atoms with E-state index in [-0.39, 0.29) is 0 Å². The van der Waals surface area contributed by atoms with Crippen LogP contribution in [-0.4, -0.2) is 19.7 Å². The van der Waals surface area contributed by atoms with E-state index in [1.54, 1.807) is 46.9 Å². The van der Waals surface area contributed by atoms with Gasteiger partial charge in [-0.25, -0.2) is 4.79 Å². The van der Waals surface area contributed by atoms with E-state index in [9.17, 15) is 4.79 Å². The van der Waals surface area contributed by atoms with Crippen LogP contribution in [0.15, 0.2) is 96.4 Å². The molecule has 0 amide bonds. The molecule has 0 atom stereocenters. The van der Waals surface area contributed by atoms with Crippen LogP contribution in [0.5, 0.6) is 23.0 Å². The Balaban J connectivity index is 1.65. The minimum Gasteiger partial charge on any atom is -0.465 e. The van der Waals surface area contributed by atoms with E-state index in [1.165, 1.54) is 7.11 Å². The number of fused-ring (bicyclic) bond motifs is 1. The molecule has 0 saturated carbocycles. The molecule has 0 unspecified atom stereocenters. The summed E-state index contributed by atoms with van der Waals surface area (Å²) in [5.41, 5.74) is 2.04. The van der Waals surface area contributed by atoms with Crippen LogP contribution in [0.4, 0.5) is 0 Å². The van der Waals surface area contributed by atoms with Crippen LogP contribution in [0.1, 0.15) is 10.4 Å². The van der Waals surface area contributed by atoms with Crippen LogP contribution in [0.25, 0.3) is 20.9 Å². The standard InChI is InChI=1S/C29H18Br2N2O4S2/c1-35-29(34)16-7-9-18(10-8-16)37-28-24(20-12-14-22(31)39-20)26-25(32-15-33-26)23(19-11-13-21(30)38-19)27(28)36-17-5-3-2-4-6-17/h2-14H,15H2,1H3. The van der Waals surface area contributed by atoms with Gasteiger partial charge in [-0.1, -0.05) is 18.2 Å². The molecule has 39 heavy (non-hydrogen) atoms. The minimum atomic E-state index is -0.415. The first-order valence-corrected chi connectivity index (χ1v) is 14.9. The largest absolute Gasteiger partial charge is 0.465 e. The van der Waals surface area contributed by atoms with Gasteiger partial charge in [0.15, 0.2) is 11.5 Å². The number of ether oxygens (including phenoxy) is 3. The maximum atomic E-state index is 12.0. The SMILES string of the molecule is COC(=O)c1ccc(Oc2c(Oc3ccccc3)c(-c3ccc(Br)s3)c3c(c2-c2ccc(Br)s2)=NCN=3)cc1. The number of hydrogen-bond acceptors (Lipinski definition) is 8. The van der Waals surface area contributed by atoms with Gasteiger partial charge in [-0.2, -0.15) is 0 Å². The number of halogens is 2. The van der Waals surface area contributed by atoms with Crippen molar-refractivity contribution >= 4 is 60.5 Å². The van der Waals surface area contributed by atoms with Gasteiger partial charge in [0.2, 0.25) is 0 Å². The molecule has 6 rings (SSSR count). The second kappa shape index (κ2) is 11.1. The van der Waals surface area contributed by atoms with Crippen LogP contribution < -0.4 is 20.2 Å². The molecule has 3 heterocycles. The maximum absolute atomic E-state index is 12.0. The second-order valence-electron chi connectivity index (χ2n) is 8.30. The van der Waals surface area contributed by atoms with E-state index < -0.39 is 5.97 Å². The van der Waals surface area contributed by atoms with E-state index in [0.29, 0.717) is 35.2 Å². The van der Waals surface area contributed by atoms with Crippen molar-refractivity contribution in [2.24, 2.45) is 9.98 Å². The summed E-state index contributed by atoms with van der Waals surface area (Å²) in [5.74, 6) is 1.83. The van der Waals surface area contributed by atoms with Crippen molar-refractivity contribution in [1.82, 2.24) is 0 Å². The molecule has 1 aliphatic rings. The van der Waals surface area contributed by atoms with Crippen molar-refractivity contribution in [3.63, 3.8) is 0 Å². The van der Waals surface area contributed by atoms with Gasteiger partial charge in [0.05, 0.1) is 42.1 Å². The molecule has 10 heteroatoms. The summed E-state index contributed by atoms with van der Waals surface area (Å²) in [5, 5.41) is 1.52. The first-order valence-electron chi connectivity index (χ1n) is 11.7. The third-order valence-corrected chi connectivity index (χ3v) is 9.20. The third-order valence-electron chi connectivity index (χ3n) is 5.91. The highest BCUT2D eigenvalue weighted by molar-refractivity contribution is 9.11. The number of esters is 1. The number of carbonyl (C=O) groups excluding carboxylic acids is 1. The van der Waals surface area contributed by atoms with Crippen molar-refractivity contribution in [2.75, 3.05) is 13.8 Å². The van der Waals surface area contributed by atoms with Crippen LogP contribution in [0.2, 0.25) is 0 Å². The van der Waals surface area contributed by atoms with Crippen molar-refractivity contribution in [3.05, 3.63) is 103 Å². The Morgan fingerprint density at radius 2 is 1.23 bits per heavy atom. The van der Waals surface area contributed by atoms with E-state index in [2.05, 4.69) is 31.9 Å². The highest BCUT2D eigenvalue weighted by atomic mass is 79.9. The van der Waals surface area contributed by atoms with Crippen molar-refractivity contribution in [1.29, 1.82) is 0 Å².